The van der Waals surface area contributed by atoms with Crippen LogP contribution in [0.25, 0.3) is 0 Å². The second-order valence-electron chi connectivity index (χ2n) is 3.94. The normalized spacial score (nSPS) is 29.2. The lowest BCUT2D eigenvalue weighted by atomic mass is 9.89. The van der Waals surface area contributed by atoms with Crippen LogP contribution in [-0.4, -0.2) is 48.2 Å². The van der Waals surface area contributed by atoms with E-state index in [4.69, 9.17) is 5.11 Å². The van der Waals surface area contributed by atoms with Gasteiger partial charge in [-0.25, -0.2) is 0 Å². The van der Waals surface area contributed by atoms with E-state index in [9.17, 15) is 4.79 Å². The molecular weight excluding hydrogens is 168 g/mol. The van der Waals surface area contributed by atoms with Crippen LogP contribution < -0.4 is 5.32 Å². The fourth-order valence-corrected chi connectivity index (χ4v) is 1.54. The second-order valence-corrected chi connectivity index (χ2v) is 3.94. The number of carbonyl (C=O) groups is 1. The minimum atomic E-state index is -0.167. The van der Waals surface area contributed by atoms with Gasteiger partial charge in [0.15, 0.2) is 0 Å². The van der Waals surface area contributed by atoms with Crippen molar-refractivity contribution in [1.29, 1.82) is 0 Å². The Bertz CT molecular complexity index is 188. The summed E-state index contributed by atoms with van der Waals surface area (Å²) in [7, 11) is 3.49. The Morgan fingerprint density at radius 2 is 2.08 bits per heavy atom. The Morgan fingerprint density at radius 1 is 1.54 bits per heavy atom. The number of likely N-dealkylation sites (N-methyl/N-ethyl adjacent to an activating group) is 1. The van der Waals surface area contributed by atoms with Crippen molar-refractivity contribution in [2.75, 3.05) is 14.1 Å². The summed E-state index contributed by atoms with van der Waals surface area (Å²) < 4.78 is 0. The highest BCUT2D eigenvalue weighted by Gasteiger charge is 2.29. The first-order valence-electron chi connectivity index (χ1n) is 4.66. The number of aliphatic hydroxyl groups is 1. The predicted molar refractivity (Wildman–Crippen MR) is 50.3 cm³/mol. The molecule has 0 saturated heterocycles. The molecule has 1 rings (SSSR count). The third-order valence-electron chi connectivity index (χ3n) is 2.41. The fraction of sp³-hybridized carbons (Fsp3) is 0.889. The molecule has 4 heteroatoms. The molecule has 0 spiro atoms. The van der Waals surface area contributed by atoms with Crippen molar-refractivity contribution in [3.8, 4) is 0 Å². The number of hydrogen-bond donors (Lipinski definition) is 2. The van der Waals surface area contributed by atoms with Crippen LogP contribution in [0.3, 0.4) is 0 Å². The molecule has 2 N–H and O–H groups in total. The van der Waals surface area contributed by atoms with Crippen LogP contribution >= 0.6 is 0 Å². The summed E-state index contributed by atoms with van der Waals surface area (Å²) in [5.41, 5.74) is 0. The van der Waals surface area contributed by atoms with Gasteiger partial charge in [-0.3, -0.25) is 4.79 Å². The monoisotopic (exact) mass is 186 g/mol. The molecule has 1 amide bonds. The molecular formula is C9H18N2O2. The first-order chi connectivity index (χ1) is 6.00. The fourth-order valence-electron chi connectivity index (χ4n) is 1.54. The van der Waals surface area contributed by atoms with Crippen LogP contribution in [0.2, 0.25) is 0 Å². The summed E-state index contributed by atoms with van der Waals surface area (Å²) in [5, 5.41) is 12.2. The number of hydrogen-bond acceptors (Lipinski definition) is 3. The van der Waals surface area contributed by atoms with Gasteiger partial charge in [0, 0.05) is 20.1 Å². The molecule has 76 valence electrons. The number of rotatable bonds is 3. The van der Waals surface area contributed by atoms with Crippen molar-refractivity contribution in [3.05, 3.63) is 0 Å². The van der Waals surface area contributed by atoms with Crippen molar-refractivity contribution in [2.45, 2.75) is 38.0 Å². The highest BCUT2D eigenvalue weighted by Crippen LogP contribution is 2.19. The highest BCUT2D eigenvalue weighted by molar-refractivity contribution is 5.80. The molecule has 4 nitrogen and oxygen atoms in total. The molecule has 1 atom stereocenters. The summed E-state index contributed by atoms with van der Waals surface area (Å²) >= 11 is 0. The lowest BCUT2D eigenvalue weighted by Gasteiger charge is -2.34. The SMILES string of the molecule is CC(NC1CC(O)C1)C(=O)N(C)C. The molecule has 1 fully saturated rings. The molecule has 1 aliphatic carbocycles. The van der Waals surface area contributed by atoms with Gasteiger partial charge in [-0.15, -0.1) is 0 Å². The molecule has 0 heterocycles. The molecule has 0 aromatic heterocycles. The van der Waals surface area contributed by atoms with Gasteiger partial charge in [-0.05, 0) is 19.8 Å². The lowest BCUT2D eigenvalue weighted by Crippen LogP contribution is -2.52. The summed E-state index contributed by atoms with van der Waals surface area (Å²) in [6.45, 7) is 1.85. The average molecular weight is 186 g/mol. The minimum Gasteiger partial charge on any atom is -0.393 e. The van der Waals surface area contributed by atoms with E-state index in [1.165, 1.54) is 0 Å². The van der Waals surface area contributed by atoms with Crippen LogP contribution in [0.1, 0.15) is 19.8 Å². The Balaban J connectivity index is 2.25. The lowest BCUT2D eigenvalue weighted by molar-refractivity contribution is -0.131. The number of nitrogens with zero attached hydrogens (tertiary/aromatic N) is 1. The van der Waals surface area contributed by atoms with E-state index in [1.54, 1.807) is 19.0 Å². The number of nitrogens with one attached hydrogen (secondary N) is 1. The van der Waals surface area contributed by atoms with E-state index >= 15 is 0 Å². The van der Waals surface area contributed by atoms with Crippen molar-refractivity contribution in [2.24, 2.45) is 0 Å². The van der Waals surface area contributed by atoms with Crippen LogP contribution in [0.5, 0.6) is 0 Å². The van der Waals surface area contributed by atoms with Gasteiger partial charge in [-0.1, -0.05) is 0 Å². The Kier molecular flexibility index (Phi) is 3.27. The quantitative estimate of drug-likeness (QED) is 0.629. The van der Waals surface area contributed by atoms with Crippen molar-refractivity contribution in [3.63, 3.8) is 0 Å². The van der Waals surface area contributed by atoms with Crippen molar-refractivity contribution >= 4 is 5.91 Å². The van der Waals surface area contributed by atoms with Crippen molar-refractivity contribution in [1.82, 2.24) is 10.2 Å². The maximum atomic E-state index is 11.4. The summed E-state index contributed by atoms with van der Waals surface area (Å²) in [6.07, 6.45) is 1.37. The van der Waals surface area contributed by atoms with E-state index < -0.39 is 0 Å². The number of amides is 1. The van der Waals surface area contributed by atoms with Gasteiger partial charge >= 0.3 is 0 Å². The topological polar surface area (TPSA) is 52.6 Å². The van der Waals surface area contributed by atoms with Crippen molar-refractivity contribution < 1.29 is 9.90 Å². The smallest absolute Gasteiger partial charge is 0.238 e. The maximum absolute atomic E-state index is 11.4. The van der Waals surface area contributed by atoms with Gasteiger partial charge in [0.25, 0.3) is 0 Å². The van der Waals surface area contributed by atoms with Gasteiger partial charge in [0.05, 0.1) is 12.1 Å². The summed E-state index contributed by atoms with van der Waals surface area (Å²) in [4.78, 5) is 13.0. The number of aliphatic hydroxyl groups excluding tert-OH is 1. The zero-order valence-corrected chi connectivity index (χ0v) is 8.45. The zero-order valence-electron chi connectivity index (χ0n) is 8.45. The van der Waals surface area contributed by atoms with Crippen LogP contribution in [-0.2, 0) is 4.79 Å². The molecule has 0 bridgehead atoms. The van der Waals surface area contributed by atoms with E-state index in [-0.39, 0.29) is 18.1 Å². The predicted octanol–water partition coefficient (Wildman–Crippen LogP) is -0.424. The Hall–Kier alpha value is -0.610. The van der Waals surface area contributed by atoms with E-state index in [0.29, 0.717) is 6.04 Å². The Morgan fingerprint density at radius 3 is 2.46 bits per heavy atom. The molecule has 0 aromatic carbocycles. The average Bonchev–Trinajstić information content (AvgIpc) is 2.00. The van der Waals surface area contributed by atoms with E-state index in [0.717, 1.165) is 12.8 Å². The Labute approximate surface area is 78.9 Å². The van der Waals surface area contributed by atoms with Gasteiger partial charge in [-0.2, -0.15) is 0 Å². The molecule has 0 radical (unpaired) electrons. The molecule has 13 heavy (non-hydrogen) atoms. The second kappa shape index (κ2) is 4.07. The van der Waals surface area contributed by atoms with Crippen LogP contribution in [0.4, 0.5) is 0 Å². The molecule has 1 aliphatic rings. The van der Waals surface area contributed by atoms with E-state index in [2.05, 4.69) is 5.32 Å². The molecule has 0 aromatic rings. The molecule has 0 aliphatic heterocycles. The van der Waals surface area contributed by atoms with Crippen LogP contribution in [0, 0.1) is 0 Å². The standard InChI is InChI=1S/C9H18N2O2/c1-6(9(13)11(2)3)10-7-4-8(12)5-7/h6-8,10,12H,4-5H2,1-3H3. The number of carbonyl (C=O) groups excluding carboxylic acids is 1. The highest BCUT2D eigenvalue weighted by atomic mass is 16.3. The third-order valence-corrected chi connectivity index (χ3v) is 2.41. The molecule has 1 saturated carbocycles. The van der Waals surface area contributed by atoms with Crippen LogP contribution in [0.15, 0.2) is 0 Å². The summed E-state index contributed by atoms with van der Waals surface area (Å²) in [6, 6.07) is 0.168. The first kappa shape index (κ1) is 10.5. The van der Waals surface area contributed by atoms with Gasteiger partial charge in [0.1, 0.15) is 0 Å². The van der Waals surface area contributed by atoms with Gasteiger partial charge < -0.3 is 15.3 Å². The minimum absolute atomic E-state index is 0.0846. The third kappa shape index (κ3) is 2.67. The molecule has 1 unspecified atom stereocenters. The summed E-state index contributed by atoms with van der Waals surface area (Å²) in [5.74, 6) is 0.0846. The zero-order chi connectivity index (χ0) is 10.0. The maximum Gasteiger partial charge on any atom is 0.238 e. The first-order valence-corrected chi connectivity index (χ1v) is 4.66. The largest absolute Gasteiger partial charge is 0.393 e. The van der Waals surface area contributed by atoms with E-state index in [1.807, 2.05) is 6.92 Å². The van der Waals surface area contributed by atoms with Gasteiger partial charge in [0.2, 0.25) is 5.91 Å².